The van der Waals surface area contributed by atoms with Crippen LogP contribution in [0.5, 0.6) is 0 Å². The largest absolute Gasteiger partial charge is 0.405 e. The number of nitrogens with two attached hydrogens (primary N) is 1. The van der Waals surface area contributed by atoms with Crippen LogP contribution in [-0.4, -0.2) is 0 Å². The van der Waals surface area contributed by atoms with Gasteiger partial charge in [-0.1, -0.05) is 24.3 Å². The Balaban J connectivity index is 3.03. The van der Waals surface area contributed by atoms with Crippen molar-refractivity contribution in [2.24, 2.45) is 5.73 Å². The van der Waals surface area contributed by atoms with Crippen LogP contribution in [0.3, 0.4) is 0 Å². The van der Waals surface area contributed by atoms with Gasteiger partial charge in [-0.2, -0.15) is 0 Å². The van der Waals surface area contributed by atoms with E-state index in [1.54, 1.807) is 6.20 Å². The molecule has 0 bridgehead atoms. The van der Waals surface area contributed by atoms with Crippen LogP contribution in [0.15, 0.2) is 30.5 Å². The van der Waals surface area contributed by atoms with E-state index in [1.165, 1.54) is 11.1 Å². The summed E-state index contributed by atoms with van der Waals surface area (Å²) in [6, 6.07) is 8.12. The van der Waals surface area contributed by atoms with Gasteiger partial charge in [0.25, 0.3) is 0 Å². The predicted molar refractivity (Wildman–Crippen MR) is 44.4 cm³/mol. The van der Waals surface area contributed by atoms with E-state index >= 15 is 0 Å². The molecular formula is C9H11N. The minimum atomic E-state index is 1.19. The zero-order valence-corrected chi connectivity index (χ0v) is 6.04. The van der Waals surface area contributed by atoms with Gasteiger partial charge in [0.2, 0.25) is 0 Å². The van der Waals surface area contributed by atoms with Gasteiger partial charge in [0.05, 0.1) is 0 Å². The molecule has 0 aliphatic rings. The quantitative estimate of drug-likeness (QED) is 0.622. The highest BCUT2D eigenvalue weighted by Gasteiger charge is 1.88. The molecule has 1 aromatic rings. The molecule has 0 amide bonds. The fourth-order valence-electron chi connectivity index (χ4n) is 0.877. The summed E-state index contributed by atoms with van der Waals surface area (Å²) in [5.41, 5.74) is 7.69. The topological polar surface area (TPSA) is 26.0 Å². The second-order valence-corrected chi connectivity index (χ2v) is 2.22. The highest BCUT2D eigenvalue weighted by molar-refractivity contribution is 5.52. The number of hydrogen-bond donors (Lipinski definition) is 1. The monoisotopic (exact) mass is 133 g/mol. The van der Waals surface area contributed by atoms with Crippen molar-refractivity contribution in [1.29, 1.82) is 0 Å². The van der Waals surface area contributed by atoms with Gasteiger partial charge >= 0.3 is 0 Å². The Morgan fingerprint density at radius 2 is 2.00 bits per heavy atom. The lowest BCUT2D eigenvalue weighted by Gasteiger charge is -1.96. The molecule has 0 saturated heterocycles. The van der Waals surface area contributed by atoms with Gasteiger partial charge < -0.3 is 5.73 Å². The van der Waals surface area contributed by atoms with Crippen molar-refractivity contribution in [3.8, 4) is 0 Å². The summed E-state index contributed by atoms with van der Waals surface area (Å²) in [6.07, 6.45) is 3.46. The summed E-state index contributed by atoms with van der Waals surface area (Å²) < 4.78 is 0. The van der Waals surface area contributed by atoms with Gasteiger partial charge in [-0.15, -0.1) is 0 Å². The smallest absolute Gasteiger partial charge is 0.00563 e. The highest BCUT2D eigenvalue weighted by atomic mass is 14.5. The van der Waals surface area contributed by atoms with Gasteiger partial charge in [-0.25, -0.2) is 0 Å². The lowest BCUT2D eigenvalue weighted by Crippen LogP contribution is -1.80. The molecule has 52 valence electrons. The predicted octanol–water partition coefficient (Wildman–Crippen LogP) is 1.92. The summed E-state index contributed by atoms with van der Waals surface area (Å²) in [7, 11) is 0. The number of benzene rings is 1. The van der Waals surface area contributed by atoms with Crippen molar-refractivity contribution in [3.63, 3.8) is 0 Å². The Kier molecular flexibility index (Phi) is 2.11. The summed E-state index contributed by atoms with van der Waals surface area (Å²) in [5, 5.41) is 0. The van der Waals surface area contributed by atoms with Crippen LogP contribution in [0.4, 0.5) is 0 Å². The van der Waals surface area contributed by atoms with E-state index in [-0.39, 0.29) is 0 Å². The van der Waals surface area contributed by atoms with E-state index < -0.39 is 0 Å². The summed E-state index contributed by atoms with van der Waals surface area (Å²) >= 11 is 0. The normalized spacial score (nSPS) is 10.5. The number of rotatable bonds is 1. The highest BCUT2D eigenvalue weighted by Crippen LogP contribution is 2.07. The van der Waals surface area contributed by atoms with Crippen LogP contribution in [-0.2, 0) is 0 Å². The molecule has 0 saturated carbocycles. The fraction of sp³-hybridized carbons (Fsp3) is 0.111. The van der Waals surface area contributed by atoms with Gasteiger partial charge in [0, 0.05) is 0 Å². The molecule has 0 aliphatic heterocycles. The third-order valence-electron chi connectivity index (χ3n) is 1.46. The molecule has 1 nitrogen and oxygen atoms in total. The maximum absolute atomic E-state index is 5.25. The second kappa shape index (κ2) is 3.06. The first kappa shape index (κ1) is 6.87. The molecule has 0 aromatic heterocycles. The molecule has 0 atom stereocenters. The molecule has 0 radical (unpaired) electrons. The van der Waals surface area contributed by atoms with Crippen LogP contribution in [0.25, 0.3) is 6.08 Å². The maximum atomic E-state index is 5.25. The van der Waals surface area contributed by atoms with Crippen molar-refractivity contribution in [2.75, 3.05) is 0 Å². The van der Waals surface area contributed by atoms with E-state index in [2.05, 4.69) is 13.0 Å². The third-order valence-corrected chi connectivity index (χ3v) is 1.46. The van der Waals surface area contributed by atoms with E-state index in [1.807, 2.05) is 24.3 Å². The molecular weight excluding hydrogens is 122 g/mol. The maximum Gasteiger partial charge on any atom is -0.00563 e. The molecule has 10 heavy (non-hydrogen) atoms. The zero-order chi connectivity index (χ0) is 7.40. The Bertz CT molecular complexity index is 238. The summed E-state index contributed by atoms with van der Waals surface area (Å²) in [6.45, 7) is 2.06. The van der Waals surface area contributed by atoms with E-state index in [0.717, 1.165) is 0 Å². The Morgan fingerprint density at radius 3 is 2.60 bits per heavy atom. The molecule has 2 N–H and O–H groups in total. The van der Waals surface area contributed by atoms with Gasteiger partial charge in [0.15, 0.2) is 0 Å². The van der Waals surface area contributed by atoms with Crippen LogP contribution >= 0.6 is 0 Å². The SMILES string of the molecule is Cc1ccccc1/C=C/N. The van der Waals surface area contributed by atoms with Crippen molar-refractivity contribution < 1.29 is 0 Å². The number of hydrogen-bond acceptors (Lipinski definition) is 1. The Labute approximate surface area is 61.2 Å². The molecule has 0 heterocycles. The first-order valence-corrected chi connectivity index (χ1v) is 3.28. The molecule has 1 heteroatoms. The minimum Gasteiger partial charge on any atom is -0.405 e. The Morgan fingerprint density at radius 1 is 1.30 bits per heavy atom. The molecule has 0 spiro atoms. The van der Waals surface area contributed by atoms with Crippen molar-refractivity contribution >= 4 is 6.08 Å². The molecule has 1 aromatic carbocycles. The zero-order valence-electron chi connectivity index (χ0n) is 6.04. The van der Waals surface area contributed by atoms with Gasteiger partial charge in [0.1, 0.15) is 0 Å². The van der Waals surface area contributed by atoms with Crippen molar-refractivity contribution in [2.45, 2.75) is 6.92 Å². The standard InChI is InChI=1S/C9H11N/c1-8-4-2-3-5-9(8)6-7-10/h2-7H,10H2,1H3/b7-6+. The first-order valence-electron chi connectivity index (χ1n) is 3.28. The summed E-state index contributed by atoms with van der Waals surface area (Å²) in [4.78, 5) is 0. The van der Waals surface area contributed by atoms with Gasteiger partial charge in [-0.3, -0.25) is 0 Å². The van der Waals surface area contributed by atoms with Crippen LogP contribution in [0.2, 0.25) is 0 Å². The van der Waals surface area contributed by atoms with Gasteiger partial charge in [-0.05, 0) is 30.3 Å². The fourth-order valence-corrected chi connectivity index (χ4v) is 0.877. The summed E-state index contributed by atoms with van der Waals surface area (Å²) in [5.74, 6) is 0. The molecule has 1 rings (SSSR count). The minimum absolute atomic E-state index is 1.19. The van der Waals surface area contributed by atoms with E-state index in [0.29, 0.717) is 0 Å². The molecule has 0 unspecified atom stereocenters. The average molecular weight is 133 g/mol. The van der Waals surface area contributed by atoms with Crippen LogP contribution < -0.4 is 5.73 Å². The van der Waals surface area contributed by atoms with E-state index in [4.69, 9.17) is 5.73 Å². The Hall–Kier alpha value is -1.24. The number of aryl methyl sites for hydroxylation is 1. The lowest BCUT2D eigenvalue weighted by atomic mass is 10.1. The third kappa shape index (κ3) is 1.38. The van der Waals surface area contributed by atoms with Crippen LogP contribution in [0.1, 0.15) is 11.1 Å². The van der Waals surface area contributed by atoms with Crippen molar-refractivity contribution in [1.82, 2.24) is 0 Å². The first-order chi connectivity index (χ1) is 4.84. The molecule has 0 fully saturated rings. The molecule has 0 aliphatic carbocycles. The lowest BCUT2D eigenvalue weighted by molar-refractivity contribution is 1.44. The second-order valence-electron chi connectivity index (χ2n) is 2.22. The van der Waals surface area contributed by atoms with Crippen LogP contribution in [0, 0.1) is 6.92 Å². The average Bonchev–Trinajstić information content (AvgIpc) is 1.94. The van der Waals surface area contributed by atoms with E-state index in [9.17, 15) is 0 Å². The van der Waals surface area contributed by atoms with Crippen molar-refractivity contribution in [3.05, 3.63) is 41.6 Å².